The van der Waals surface area contributed by atoms with Crippen LogP contribution < -0.4 is 10.0 Å². The van der Waals surface area contributed by atoms with Crippen molar-refractivity contribution in [2.45, 2.75) is 31.7 Å². The minimum Gasteiger partial charge on any atom is -0.313 e. The number of piperidine rings is 1. The van der Waals surface area contributed by atoms with Crippen molar-refractivity contribution in [3.05, 3.63) is 35.6 Å². The number of sulfonamides is 1. The summed E-state index contributed by atoms with van der Waals surface area (Å²) in [5.41, 5.74) is 0.795. The van der Waals surface area contributed by atoms with E-state index in [1.807, 2.05) is 0 Å². The van der Waals surface area contributed by atoms with Crippen LogP contribution in [-0.4, -0.2) is 33.3 Å². The molecule has 20 heavy (non-hydrogen) atoms. The lowest BCUT2D eigenvalue weighted by Crippen LogP contribution is -2.42. The number of halogens is 1. The molecule has 0 amide bonds. The lowest BCUT2D eigenvalue weighted by atomic mass is 10.1. The standard InChI is InChI=1S/C14H21FN2O2S/c15-13-5-3-4-12(10-13)7-9-17-20(18,19)11-14-6-1-2-8-16-14/h3-5,10,14,16-17H,1-2,6-9,11H2. The summed E-state index contributed by atoms with van der Waals surface area (Å²) in [5, 5.41) is 3.22. The van der Waals surface area contributed by atoms with E-state index in [4.69, 9.17) is 0 Å². The van der Waals surface area contributed by atoms with Crippen molar-refractivity contribution in [3.63, 3.8) is 0 Å². The molecule has 1 fully saturated rings. The molecule has 1 aromatic carbocycles. The van der Waals surface area contributed by atoms with E-state index in [0.717, 1.165) is 31.4 Å². The van der Waals surface area contributed by atoms with Crippen LogP contribution in [0.25, 0.3) is 0 Å². The van der Waals surface area contributed by atoms with Gasteiger partial charge in [0.2, 0.25) is 10.0 Å². The Hall–Kier alpha value is -0.980. The summed E-state index contributed by atoms with van der Waals surface area (Å²) >= 11 is 0. The molecule has 1 saturated heterocycles. The quantitative estimate of drug-likeness (QED) is 0.835. The molecule has 4 nitrogen and oxygen atoms in total. The van der Waals surface area contributed by atoms with Crippen molar-refractivity contribution in [3.8, 4) is 0 Å². The molecule has 1 heterocycles. The summed E-state index contributed by atoms with van der Waals surface area (Å²) in [6.07, 6.45) is 3.60. The number of rotatable bonds is 6. The highest BCUT2D eigenvalue weighted by atomic mass is 32.2. The van der Waals surface area contributed by atoms with E-state index >= 15 is 0 Å². The monoisotopic (exact) mass is 300 g/mol. The van der Waals surface area contributed by atoms with E-state index in [1.54, 1.807) is 12.1 Å². The number of hydrogen-bond acceptors (Lipinski definition) is 3. The summed E-state index contributed by atoms with van der Waals surface area (Å²) in [6, 6.07) is 6.28. The van der Waals surface area contributed by atoms with Gasteiger partial charge in [0.1, 0.15) is 5.82 Å². The van der Waals surface area contributed by atoms with E-state index < -0.39 is 10.0 Å². The molecule has 1 aliphatic heterocycles. The minimum absolute atomic E-state index is 0.0513. The first-order valence-corrected chi connectivity index (χ1v) is 8.65. The van der Waals surface area contributed by atoms with Gasteiger partial charge in [-0.2, -0.15) is 0 Å². The first kappa shape index (κ1) is 15.4. The van der Waals surface area contributed by atoms with Gasteiger partial charge in [0, 0.05) is 12.6 Å². The zero-order valence-electron chi connectivity index (χ0n) is 11.4. The predicted octanol–water partition coefficient (Wildman–Crippen LogP) is 1.43. The van der Waals surface area contributed by atoms with Crippen LogP contribution in [0.3, 0.4) is 0 Å². The molecule has 2 rings (SSSR count). The van der Waals surface area contributed by atoms with Gasteiger partial charge in [-0.25, -0.2) is 17.5 Å². The normalized spacial score (nSPS) is 19.9. The van der Waals surface area contributed by atoms with Crippen LogP contribution in [0.5, 0.6) is 0 Å². The molecule has 1 atom stereocenters. The van der Waals surface area contributed by atoms with Crippen LogP contribution in [0.2, 0.25) is 0 Å². The minimum atomic E-state index is -3.27. The van der Waals surface area contributed by atoms with Crippen LogP contribution in [0.4, 0.5) is 4.39 Å². The van der Waals surface area contributed by atoms with Crippen LogP contribution in [0.1, 0.15) is 24.8 Å². The SMILES string of the molecule is O=S(=O)(CC1CCCCN1)NCCc1cccc(F)c1. The molecule has 1 aromatic rings. The summed E-state index contributed by atoms with van der Waals surface area (Å²) in [7, 11) is -3.27. The summed E-state index contributed by atoms with van der Waals surface area (Å²) < 4.78 is 39.4. The molecule has 1 aliphatic rings. The van der Waals surface area contributed by atoms with Crippen LogP contribution in [0.15, 0.2) is 24.3 Å². The van der Waals surface area contributed by atoms with Crippen LogP contribution in [0, 0.1) is 5.82 Å². The Kier molecular flexibility index (Phi) is 5.51. The highest BCUT2D eigenvalue weighted by Crippen LogP contribution is 2.09. The van der Waals surface area contributed by atoms with Crippen LogP contribution >= 0.6 is 0 Å². The Bertz CT molecular complexity index is 528. The van der Waals surface area contributed by atoms with Crippen molar-refractivity contribution in [2.75, 3.05) is 18.8 Å². The van der Waals surface area contributed by atoms with Gasteiger partial charge in [0.25, 0.3) is 0 Å². The molecule has 6 heteroatoms. The Balaban J connectivity index is 1.77. The van der Waals surface area contributed by atoms with Gasteiger partial charge in [-0.1, -0.05) is 18.6 Å². The van der Waals surface area contributed by atoms with E-state index in [0.29, 0.717) is 13.0 Å². The Labute approximate surface area is 119 Å². The zero-order valence-corrected chi connectivity index (χ0v) is 12.3. The Morgan fingerprint density at radius 1 is 1.35 bits per heavy atom. The smallest absolute Gasteiger partial charge is 0.213 e. The van der Waals surface area contributed by atoms with Gasteiger partial charge in [0.05, 0.1) is 5.75 Å². The van der Waals surface area contributed by atoms with E-state index in [-0.39, 0.29) is 17.6 Å². The van der Waals surface area contributed by atoms with E-state index in [2.05, 4.69) is 10.0 Å². The maximum absolute atomic E-state index is 13.0. The topological polar surface area (TPSA) is 58.2 Å². The average Bonchev–Trinajstić information content (AvgIpc) is 2.39. The fourth-order valence-corrected chi connectivity index (χ4v) is 3.78. The lowest BCUT2D eigenvalue weighted by Gasteiger charge is -2.23. The second kappa shape index (κ2) is 7.15. The molecule has 0 radical (unpaired) electrons. The lowest BCUT2D eigenvalue weighted by molar-refractivity contribution is 0.422. The second-order valence-electron chi connectivity index (χ2n) is 5.20. The Morgan fingerprint density at radius 3 is 2.90 bits per heavy atom. The Morgan fingerprint density at radius 2 is 2.20 bits per heavy atom. The first-order chi connectivity index (χ1) is 9.55. The van der Waals surface area contributed by atoms with Gasteiger partial charge in [-0.3, -0.25) is 0 Å². The van der Waals surface area contributed by atoms with Crippen molar-refractivity contribution in [1.29, 1.82) is 0 Å². The molecule has 0 bridgehead atoms. The maximum atomic E-state index is 13.0. The predicted molar refractivity (Wildman–Crippen MR) is 77.5 cm³/mol. The van der Waals surface area contributed by atoms with Crippen molar-refractivity contribution < 1.29 is 12.8 Å². The average molecular weight is 300 g/mol. The van der Waals surface area contributed by atoms with E-state index in [1.165, 1.54) is 12.1 Å². The highest BCUT2D eigenvalue weighted by molar-refractivity contribution is 7.89. The summed E-state index contributed by atoms with van der Waals surface area (Å²) in [4.78, 5) is 0. The number of benzene rings is 1. The van der Waals surface area contributed by atoms with Gasteiger partial charge >= 0.3 is 0 Å². The molecule has 0 aromatic heterocycles. The molecule has 1 unspecified atom stereocenters. The third kappa shape index (κ3) is 5.19. The van der Waals surface area contributed by atoms with Gasteiger partial charge in [-0.15, -0.1) is 0 Å². The highest BCUT2D eigenvalue weighted by Gasteiger charge is 2.20. The zero-order chi connectivity index (χ0) is 14.4. The van der Waals surface area contributed by atoms with Crippen molar-refractivity contribution >= 4 is 10.0 Å². The summed E-state index contributed by atoms with van der Waals surface area (Å²) in [6.45, 7) is 1.20. The molecular formula is C14H21FN2O2S. The first-order valence-electron chi connectivity index (χ1n) is 7.00. The fourth-order valence-electron chi connectivity index (χ4n) is 2.43. The number of hydrogen-bond donors (Lipinski definition) is 2. The second-order valence-corrected chi connectivity index (χ2v) is 7.05. The molecule has 2 N–H and O–H groups in total. The summed E-state index contributed by atoms with van der Waals surface area (Å²) in [5.74, 6) is -0.173. The molecular weight excluding hydrogens is 279 g/mol. The molecule has 0 spiro atoms. The fraction of sp³-hybridized carbons (Fsp3) is 0.571. The maximum Gasteiger partial charge on any atom is 0.213 e. The largest absolute Gasteiger partial charge is 0.313 e. The molecule has 0 saturated carbocycles. The van der Waals surface area contributed by atoms with Crippen LogP contribution in [-0.2, 0) is 16.4 Å². The molecule has 112 valence electrons. The van der Waals surface area contributed by atoms with Gasteiger partial charge < -0.3 is 5.32 Å². The third-order valence-corrected chi connectivity index (χ3v) is 4.94. The van der Waals surface area contributed by atoms with E-state index in [9.17, 15) is 12.8 Å². The van der Waals surface area contributed by atoms with Gasteiger partial charge in [0.15, 0.2) is 0 Å². The van der Waals surface area contributed by atoms with Crippen molar-refractivity contribution in [1.82, 2.24) is 10.0 Å². The van der Waals surface area contributed by atoms with Crippen molar-refractivity contribution in [2.24, 2.45) is 0 Å². The third-order valence-electron chi connectivity index (χ3n) is 3.46. The number of nitrogens with one attached hydrogen (secondary N) is 2. The molecule has 0 aliphatic carbocycles. The van der Waals surface area contributed by atoms with Gasteiger partial charge in [-0.05, 0) is 43.5 Å².